The fourth-order valence-corrected chi connectivity index (χ4v) is 2.64. The molecule has 0 bridgehead atoms. The number of aliphatic hydroxyl groups excluding tert-OH is 2. The second-order valence-electron chi connectivity index (χ2n) is 5.17. The number of hydrogen-bond donors (Lipinski definition) is 3. The number of carboxylic acids is 1. The molecule has 1 aliphatic rings. The van der Waals surface area contributed by atoms with Gasteiger partial charge in [-0.25, -0.2) is 4.90 Å². The van der Waals surface area contributed by atoms with E-state index in [4.69, 9.17) is 5.11 Å². The molecule has 2 rings (SSSR count). The summed E-state index contributed by atoms with van der Waals surface area (Å²) < 4.78 is 0. The maximum absolute atomic E-state index is 10.4. The zero-order chi connectivity index (χ0) is 14.5. The summed E-state index contributed by atoms with van der Waals surface area (Å²) in [5.74, 6) is -0.758. The van der Waals surface area contributed by atoms with Crippen LogP contribution in [0.15, 0.2) is 24.3 Å². The van der Waals surface area contributed by atoms with Gasteiger partial charge in [0.15, 0.2) is 0 Å². The van der Waals surface area contributed by atoms with Crippen LogP contribution in [-0.4, -0.2) is 32.7 Å². The number of carbonyl (C=O) groups is 1. The summed E-state index contributed by atoms with van der Waals surface area (Å²) in [6, 6.07) is 7.36. The minimum atomic E-state index is -0.758. The van der Waals surface area contributed by atoms with Gasteiger partial charge in [-0.2, -0.15) is 0 Å². The molecule has 0 spiro atoms. The molecule has 0 aromatic heterocycles. The van der Waals surface area contributed by atoms with Gasteiger partial charge in [-0.3, -0.25) is 4.79 Å². The fourth-order valence-electron chi connectivity index (χ4n) is 2.64. The summed E-state index contributed by atoms with van der Waals surface area (Å²) in [6.45, 7) is 0.601. The van der Waals surface area contributed by atoms with Crippen molar-refractivity contribution in [2.75, 3.05) is 6.54 Å². The standard InChI is InChI=1S/C15H21NO4/c17-13(18)9-3-1-2-6-10-16-14(19)11-7-4-5-8-12(11)15(16)20/h4-5,7-8,14-15,19-20H,1-3,6,9-10H2,(H,17,18). The van der Waals surface area contributed by atoms with Gasteiger partial charge in [0.05, 0.1) is 0 Å². The van der Waals surface area contributed by atoms with E-state index < -0.39 is 18.4 Å². The van der Waals surface area contributed by atoms with Crippen LogP contribution in [0.1, 0.15) is 55.7 Å². The van der Waals surface area contributed by atoms with Crippen molar-refractivity contribution < 1.29 is 20.1 Å². The highest BCUT2D eigenvalue weighted by molar-refractivity contribution is 5.66. The zero-order valence-electron chi connectivity index (χ0n) is 11.4. The Balaban J connectivity index is 1.76. The molecule has 0 fully saturated rings. The van der Waals surface area contributed by atoms with E-state index in [1.54, 1.807) is 4.90 Å². The van der Waals surface area contributed by atoms with Crippen molar-refractivity contribution in [1.82, 2.24) is 4.90 Å². The summed E-state index contributed by atoms with van der Waals surface area (Å²) in [5, 5.41) is 28.9. The molecule has 0 radical (unpaired) electrons. The van der Waals surface area contributed by atoms with Crippen LogP contribution in [0.5, 0.6) is 0 Å². The summed E-state index contributed by atoms with van der Waals surface area (Å²) in [6.07, 6.45) is 1.99. The van der Waals surface area contributed by atoms with Crippen molar-refractivity contribution in [3.8, 4) is 0 Å². The molecule has 110 valence electrons. The second kappa shape index (κ2) is 6.83. The third-order valence-corrected chi connectivity index (χ3v) is 3.74. The van der Waals surface area contributed by atoms with E-state index in [0.717, 1.165) is 30.4 Å². The maximum atomic E-state index is 10.4. The molecule has 1 aromatic carbocycles. The molecule has 0 aliphatic carbocycles. The minimum absolute atomic E-state index is 0.209. The number of nitrogens with zero attached hydrogens (tertiary/aromatic N) is 1. The quantitative estimate of drug-likeness (QED) is 0.665. The topological polar surface area (TPSA) is 81.0 Å². The van der Waals surface area contributed by atoms with Gasteiger partial charge >= 0.3 is 5.97 Å². The van der Waals surface area contributed by atoms with Crippen LogP contribution in [0.2, 0.25) is 0 Å². The van der Waals surface area contributed by atoms with Crippen LogP contribution >= 0.6 is 0 Å². The Hall–Kier alpha value is -1.43. The maximum Gasteiger partial charge on any atom is 0.303 e. The average molecular weight is 279 g/mol. The molecule has 5 nitrogen and oxygen atoms in total. The lowest BCUT2D eigenvalue weighted by Crippen LogP contribution is -2.27. The van der Waals surface area contributed by atoms with Crippen molar-refractivity contribution in [1.29, 1.82) is 0 Å². The van der Waals surface area contributed by atoms with E-state index in [9.17, 15) is 15.0 Å². The van der Waals surface area contributed by atoms with Gasteiger partial charge in [0.1, 0.15) is 12.5 Å². The fraction of sp³-hybridized carbons (Fsp3) is 0.533. The summed E-state index contributed by atoms with van der Waals surface area (Å²) in [7, 11) is 0. The zero-order valence-corrected chi connectivity index (χ0v) is 11.4. The highest BCUT2D eigenvalue weighted by Gasteiger charge is 2.35. The molecule has 5 heteroatoms. The number of fused-ring (bicyclic) bond motifs is 1. The Morgan fingerprint density at radius 3 is 2.10 bits per heavy atom. The third kappa shape index (κ3) is 3.36. The van der Waals surface area contributed by atoms with Gasteiger partial charge in [-0.1, -0.05) is 37.1 Å². The number of carboxylic acid groups (broad SMARTS) is 1. The predicted octanol–water partition coefficient (Wildman–Crippen LogP) is 2.02. The molecule has 20 heavy (non-hydrogen) atoms. The van der Waals surface area contributed by atoms with Crippen molar-refractivity contribution in [3.05, 3.63) is 35.4 Å². The third-order valence-electron chi connectivity index (χ3n) is 3.74. The van der Waals surface area contributed by atoms with Crippen molar-refractivity contribution in [3.63, 3.8) is 0 Å². The van der Waals surface area contributed by atoms with E-state index in [2.05, 4.69) is 0 Å². The Morgan fingerprint density at radius 1 is 1.00 bits per heavy atom. The summed E-state index contributed by atoms with van der Waals surface area (Å²) in [4.78, 5) is 12.0. The molecular weight excluding hydrogens is 258 g/mol. The van der Waals surface area contributed by atoms with E-state index >= 15 is 0 Å². The summed E-state index contributed by atoms with van der Waals surface area (Å²) >= 11 is 0. The van der Waals surface area contributed by atoms with Gasteiger partial charge < -0.3 is 15.3 Å². The van der Waals surface area contributed by atoms with Crippen LogP contribution in [-0.2, 0) is 4.79 Å². The molecule has 2 atom stereocenters. The van der Waals surface area contributed by atoms with Crippen LogP contribution in [0.3, 0.4) is 0 Å². The number of aliphatic hydroxyl groups is 2. The van der Waals surface area contributed by atoms with E-state index in [1.165, 1.54) is 0 Å². The highest BCUT2D eigenvalue weighted by Crippen LogP contribution is 2.38. The minimum Gasteiger partial charge on any atom is -0.481 e. The van der Waals surface area contributed by atoms with Crippen LogP contribution in [0.4, 0.5) is 0 Å². The predicted molar refractivity (Wildman–Crippen MR) is 73.8 cm³/mol. The van der Waals surface area contributed by atoms with E-state index in [-0.39, 0.29) is 6.42 Å². The number of aliphatic carboxylic acids is 1. The molecule has 0 amide bonds. The van der Waals surface area contributed by atoms with Gasteiger partial charge in [0, 0.05) is 24.1 Å². The Kier molecular flexibility index (Phi) is 5.11. The average Bonchev–Trinajstić information content (AvgIpc) is 2.67. The van der Waals surface area contributed by atoms with E-state index in [0.29, 0.717) is 13.0 Å². The van der Waals surface area contributed by atoms with Gasteiger partial charge in [-0.15, -0.1) is 0 Å². The molecule has 3 N–H and O–H groups in total. The lowest BCUT2D eigenvalue weighted by atomic mass is 10.1. The first kappa shape index (κ1) is 15.0. The molecule has 0 saturated heterocycles. The molecule has 0 saturated carbocycles. The van der Waals surface area contributed by atoms with Crippen molar-refractivity contribution in [2.24, 2.45) is 0 Å². The first-order valence-electron chi connectivity index (χ1n) is 7.04. The smallest absolute Gasteiger partial charge is 0.303 e. The second-order valence-corrected chi connectivity index (χ2v) is 5.17. The van der Waals surface area contributed by atoms with Crippen LogP contribution in [0, 0.1) is 0 Å². The first-order valence-corrected chi connectivity index (χ1v) is 7.04. The molecule has 1 heterocycles. The lowest BCUT2D eigenvalue weighted by Gasteiger charge is -2.23. The molecular formula is C15H21NO4. The van der Waals surface area contributed by atoms with Crippen LogP contribution < -0.4 is 0 Å². The number of hydrogen-bond acceptors (Lipinski definition) is 4. The van der Waals surface area contributed by atoms with E-state index in [1.807, 2.05) is 24.3 Å². The molecule has 2 unspecified atom stereocenters. The van der Waals surface area contributed by atoms with Gasteiger partial charge in [0.25, 0.3) is 0 Å². The number of benzene rings is 1. The SMILES string of the molecule is O=C(O)CCCCCCN1C(O)c2ccccc2C1O. The number of unbranched alkanes of at least 4 members (excludes halogenated alkanes) is 3. The largest absolute Gasteiger partial charge is 0.481 e. The Labute approximate surface area is 118 Å². The lowest BCUT2D eigenvalue weighted by molar-refractivity contribution is -0.137. The van der Waals surface area contributed by atoms with Crippen molar-refractivity contribution >= 4 is 5.97 Å². The van der Waals surface area contributed by atoms with Crippen LogP contribution in [0.25, 0.3) is 0 Å². The molecule has 1 aliphatic heterocycles. The highest BCUT2D eigenvalue weighted by atomic mass is 16.4. The van der Waals surface area contributed by atoms with Crippen molar-refractivity contribution in [2.45, 2.75) is 44.6 Å². The molecule has 1 aromatic rings. The first-order chi connectivity index (χ1) is 9.61. The Morgan fingerprint density at radius 2 is 1.55 bits per heavy atom. The Bertz CT molecular complexity index is 434. The number of rotatable bonds is 7. The van der Waals surface area contributed by atoms with Gasteiger partial charge in [0.2, 0.25) is 0 Å². The normalized spacial score (nSPS) is 21.9. The van der Waals surface area contributed by atoms with Gasteiger partial charge in [-0.05, 0) is 12.8 Å². The monoisotopic (exact) mass is 279 g/mol. The summed E-state index contributed by atoms with van der Waals surface area (Å²) in [5.41, 5.74) is 1.54.